The molecule has 1 aliphatic rings. The SMILES string of the molecule is CC(C)C(N)C(=O)N1CCN(C(=O)Cc2cccc(Cl)c2)CC1. The number of rotatable bonds is 4. The highest BCUT2D eigenvalue weighted by Crippen LogP contribution is 2.13. The van der Waals surface area contributed by atoms with Gasteiger partial charge in [0.1, 0.15) is 0 Å². The molecule has 5 nitrogen and oxygen atoms in total. The molecule has 0 saturated carbocycles. The molecular weight excluding hydrogens is 314 g/mol. The van der Waals surface area contributed by atoms with Crippen molar-refractivity contribution in [2.24, 2.45) is 11.7 Å². The molecule has 2 amide bonds. The predicted molar refractivity (Wildman–Crippen MR) is 91.1 cm³/mol. The van der Waals surface area contributed by atoms with Gasteiger partial charge in [0.05, 0.1) is 12.5 Å². The van der Waals surface area contributed by atoms with Crippen molar-refractivity contribution in [3.63, 3.8) is 0 Å². The minimum Gasteiger partial charge on any atom is -0.339 e. The van der Waals surface area contributed by atoms with Crippen molar-refractivity contribution in [3.05, 3.63) is 34.9 Å². The van der Waals surface area contributed by atoms with Gasteiger partial charge in [0.15, 0.2) is 0 Å². The topological polar surface area (TPSA) is 66.6 Å². The van der Waals surface area contributed by atoms with Crippen LogP contribution in [-0.2, 0) is 16.0 Å². The van der Waals surface area contributed by atoms with Crippen LogP contribution in [0.4, 0.5) is 0 Å². The Labute approximate surface area is 142 Å². The molecule has 1 fully saturated rings. The number of carbonyl (C=O) groups is 2. The zero-order chi connectivity index (χ0) is 17.0. The normalized spacial score (nSPS) is 16.6. The van der Waals surface area contributed by atoms with Crippen LogP contribution in [-0.4, -0.2) is 53.8 Å². The van der Waals surface area contributed by atoms with E-state index in [4.69, 9.17) is 17.3 Å². The molecule has 2 N–H and O–H groups in total. The van der Waals surface area contributed by atoms with Gasteiger partial charge < -0.3 is 15.5 Å². The summed E-state index contributed by atoms with van der Waals surface area (Å²) >= 11 is 5.94. The van der Waals surface area contributed by atoms with Crippen molar-refractivity contribution in [1.29, 1.82) is 0 Å². The fourth-order valence-corrected chi connectivity index (χ4v) is 2.82. The summed E-state index contributed by atoms with van der Waals surface area (Å²) in [5, 5.41) is 0.633. The molecule has 0 aromatic heterocycles. The Kier molecular flexibility index (Phi) is 6.02. The van der Waals surface area contributed by atoms with Crippen molar-refractivity contribution < 1.29 is 9.59 Å². The Bertz CT molecular complexity index is 569. The molecule has 1 unspecified atom stereocenters. The van der Waals surface area contributed by atoms with Gasteiger partial charge in [0, 0.05) is 31.2 Å². The summed E-state index contributed by atoms with van der Waals surface area (Å²) in [6.45, 7) is 6.06. The van der Waals surface area contributed by atoms with Gasteiger partial charge in [-0.05, 0) is 23.6 Å². The Hall–Kier alpha value is -1.59. The first-order valence-corrected chi connectivity index (χ1v) is 8.33. The molecule has 23 heavy (non-hydrogen) atoms. The van der Waals surface area contributed by atoms with Gasteiger partial charge >= 0.3 is 0 Å². The monoisotopic (exact) mass is 337 g/mol. The van der Waals surface area contributed by atoms with Gasteiger partial charge in [0.25, 0.3) is 0 Å². The summed E-state index contributed by atoms with van der Waals surface area (Å²) in [5.74, 6) is 0.152. The van der Waals surface area contributed by atoms with Gasteiger partial charge in [-0.3, -0.25) is 9.59 Å². The molecule has 1 heterocycles. The van der Waals surface area contributed by atoms with E-state index in [2.05, 4.69) is 0 Å². The van der Waals surface area contributed by atoms with Crippen molar-refractivity contribution >= 4 is 23.4 Å². The zero-order valence-corrected chi connectivity index (χ0v) is 14.4. The van der Waals surface area contributed by atoms with E-state index in [0.717, 1.165) is 5.56 Å². The average Bonchev–Trinajstić information content (AvgIpc) is 2.53. The van der Waals surface area contributed by atoms with Crippen LogP contribution in [0.5, 0.6) is 0 Å². The molecule has 1 aromatic carbocycles. The molecule has 2 rings (SSSR count). The van der Waals surface area contributed by atoms with E-state index in [1.807, 2.05) is 26.0 Å². The van der Waals surface area contributed by atoms with Crippen molar-refractivity contribution in [2.45, 2.75) is 26.3 Å². The van der Waals surface area contributed by atoms with E-state index >= 15 is 0 Å². The van der Waals surface area contributed by atoms with Gasteiger partial charge in [-0.1, -0.05) is 37.6 Å². The number of halogens is 1. The molecule has 0 aliphatic carbocycles. The summed E-state index contributed by atoms with van der Waals surface area (Å²) in [7, 11) is 0. The Morgan fingerprint density at radius 3 is 2.35 bits per heavy atom. The molecule has 0 bridgehead atoms. The first-order chi connectivity index (χ1) is 10.9. The fourth-order valence-electron chi connectivity index (χ4n) is 2.61. The van der Waals surface area contributed by atoms with Crippen molar-refractivity contribution in [3.8, 4) is 0 Å². The highest BCUT2D eigenvalue weighted by Gasteiger charge is 2.28. The van der Waals surface area contributed by atoms with E-state index in [9.17, 15) is 9.59 Å². The molecule has 0 spiro atoms. The van der Waals surface area contributed by atoms with Crippen LogP contribution >= 0.6 is 11.6 Å². The maximum atomic E-state index is 12.4. The largest absolute Gasteiger partial charge is 0.339 e. The van der Waals surface area contributed by atoms with Crippen LogP contribution in [0.2, 0.25) is 5.02 Å². The van der Waals surface area contributed by atoms with E-state index in [-0.39, 0.29) is 17.7 Å². The standard InChI is InChI=1S/C17H24ClN3O2/c1-12(2)16(19)17(23)21-8-6-20(7-9-21)15(22)11-13-4-3-5-14(18)10-13/h3-5,10,12,16H,6-9,11,19H2,1-2H3. The first kappa shape index (κ1) is 17.8. The second kappa shape index (κ2) is 7.79. The third kappa shape index (κ3) is 4.69. The molecular formula is C17H24ClN3O2. The molecule has 1 aliphatic heterocycles. The van der Waals surface area contributed by atoms with E-state index < -0.39 is 6.04 Å². The highest BCUT2D eigenvalue weighted by molar-refractivity contribution is 6.30. The van der Waals surface area contributed by atoms with E-state index in [0.29, 0.717) is 37.6 Å². The lowest BCUT2D eigenvalue weighted by molar-refractivity contribution is -0.140. The molecule has 1 saturated heterocycles. The third-order valence-electron chi connectivity index (χ3n) is 4.19. The predicted octanol–water partition coefficient (Wildman–Crippen LogP) is 1.54. The molecule has 6 heteroatoms. The van der Waals surface area contributed by atoms with E-state index in [1.54, 1.807) is 21.9 Å². The van der Waals surface area contributed by atoms with Crippen LogP contribution in [0.1, 0.15) is 19.4 Å². The van der Waals surface area contributed by atoms with Gasteiger partial charge in [-0.25, -0.2) is 0 Å². The van der Waals surface area contributed by atoms with Gasteiger partial charge in [0.2, 0.25) is 11.8 Å². The molecule has 1 atom stereocenters. The van der Waals surface area contributed by atoms with Gasteiger partial charge in [-0.2, -0.15) is 0 Å². The van der Waals surface area contributed by atoms with Gasteiger partial charge in [-0.15, -0.1) is 0 Å². The Morgan fingerprint density at radius 1 is 1.17 bits per heavy atom. The van der Waals surface area contributed by atoms with Crippen LogP contribution in [0.3, 0.4) is 0 Å². The fraction of sp³-hybridized carbons (Fsp3) is 0.529. The van der Waals surface area contributed by atoms with Crippen molar-refractivity contribution in [1.82, 2.24) is 9.80 Å². The zero-order valence-electron chi connectivity index (χ0n) is 13.7. The highest BCUT2D eigenvalue weighted by atomic mass is 35.5. The maximum Gasteiger partial charge on any atom is 0.239 e. The second-order valence-electron chi connectivity index (χ2n) is 6.28. The smallest absolute Gasteiger partial charge is 0.239 e. The Balaban J connectivity index is 1.86. The maximum absolute atomic E-state index is 12.4. The minimum absolute atomic E-state index is 0.0260. The molecule has 0 radical (unpaired) electrons. The summed E-state index contributed by atoms with van der Waals surface area (Å²) in [6.07, 6.45) is 0.333. The number of amides is 2. The summed E-state index contributed by atoms with van der Waals surface area (Å²) in [4.78, 5) is 28.1. The van der Waals surface area contributed by atoms with Crippen LogP contribution in [0, 0.1) is 5.92 Å². The lowest BCUT2D eigenvalue weighted by Gasteiger charge is -2.36. The third-order valence-corrected chi connectivity index (χ3v) is 4.43. The van der Waals surface area contributed by atoms with Crippen LogP contribution in [0.25, 0.3) is 0 Å². The number of hydrogen-bond acceptors (Lipinski definition) is 3. The van der Waals surface area contributed by atoms with Crippen molar-refractivity contribution in [2.75, 3.05) is 26.2 Å². The van der Waals surface area contributed by atoms with Crippen LogP contribution < -0.4 is 5.73 Å². The number of nitrogens with two attached hydrogens (primary N) is 1. The molecule has 1 aromatic rings. The van der Waals surface area contributed by atoms with E-state index in [1.165, 1.54) is 0 Å². The number of piperazine rings is 1. The minimum atomic E-state index is -0.469. The first-order valence-electron chi connectivity index (χ1n) is 7.95. The van der Waals surface area contributed by atoms with Crippen LogP contribution in [0.15, 0.2) is 24.3 Å². The Morgan fingerprint density at radius 2 is 1.78 bits per heavy atom. The number of nitrogens with zero attached hydrogens (tertiary/aromatic N) is 2. The lowest BCUT2D eigenvalue weighted by Crippen LogP contribution is -2.55. The summed E-state index contributed by atoms with van der Waals surface area (Å²) in [5.41, 5.74) is 6.82. The lowest BCUT2D eigenvalue weighted by atomic mass is 10.0. The number of hydrogen-bond donors (Lipinski definition) is 1. The molecule has 126 valence electrons. The summed E-state index contributed by atoms with van der Waals surface area (Å²) in [6, 6.07) is 6.86. The average molecular weight is 338 g/mol. The number of benzene rings is 1. The number of carbonyl (C=O) groups excluding carboxylic acids is 2. The second-order valence-corrected chi connectivity index (χ2v) is 6.72. The quantitative estimate of drug-likeness (QED) is 0.906. The summed E-state index contributed by atoms with van der Waals surface area (Å²) < 4.78 is 0.